The van der Waals surface area contributed by atoms with Crippen LogP contribution in [-0.2, 0) is 0 Å². The van der Waals surface area contributed by atoms with Gasteiger partial charge in [0.15, 0.2) is 0 Å². The number of rotatable bonds is 2. The fourth-order valence-corrected chi connectivity index (χ4v) is 1.09. The zero-order valence-electron chi connectivity index (χ0n) is 6.50. The Hall–Kier alpha value is -1.07. The van der Waals surface area contributed by atoms with Gasteiger partial charge in [0.25, 0.3) is 0 Å². The molecule has 0 fully saturated rings. The van der Waals surface area contributed by atoms with E-state index in [0.717, 1.165) is 10.0 Å². The molecular formula is C10H8BrN. The Balaban J connectivity index is 2.66. The summed E-state index contributed by atoms with van der Waals surface area (Å²) in [5.74, 6) is 0. The van der Waals surface area contributed by atoms with Gasteiger partial charge in [0.2, 0.25) is 0 Å². The summed E-state index contributed by atoms with van der Waals surface area (Å²) in [6.07, 6.45) is 4.26. The molecule has 1 nitrogen and oxygen atoms in total. The molecule has 0 saturated heterocycles. The van der Waals surface area contributed by atoms with Crippen molar-refractivity contribution in [1.29, 1.82) is 5.26 Å². The Bertz CT molecular complexity index is 306. The maximum atomic E-state index is 8.28. The molecule has 0 heterocycles. The zero-order chi connectivity index (χ0) is 8.81. The quantitative estimate of drug-likeness (QED) is 0.752. The van der Waals surface area contributed by atoms with E-state index < -0.39 is 0 Å². The molecule has 60 valence electrons. The monoisotopic (exact) mass is 221 g/mol. The Kier molecular flexibility index (Phi) is 3.56. The topological polar surface area (TPSA) is 23.8 Å². The van der Waals surface area contributed by atoms with Crippen molar-refractivity contribution in [2.24, 2.45) is 0 Å². The van der Waals surface area contributed by atoms with Crippen LogP contribution in [0.2, 0.25) is 0 Å². The summed E-state index contributed by atoms with van der Waals surface area (Å²) in [4.78, 5) is 0. The van der Waals surface area contributed by atoms with Crippen molar-refractivity contribution >= 4 is 22.0 Å². The van der Waals surface area contributed by atoms with Crippen LogP contribution in [0.4, 0.5) is 0 Å². The maximum Gasteiger partial charge on any atom is 0.0663 e. The van der Waals surface area contributed by atoms with Crippen molar-refractivity contribution in [1.82, 2.24) is 0 Å². The molecule has 0 N–H and O–H groups in total. The van der Waals surface area contributed by atoms with Crippen LogP contribution in [0.3, 0.4) is 0 Å². The minimum Gasteiger partial charge on any atom is -0.198 e. The van der Waals surface area contributed by atoms with Crippen molar-refractivity contribution in [3.63, 3.8) is 0 Å². The molecule has 0 atom stereocenters. The number of hydrogen-bond donors (Lipinski definition) is 0. The lowest BCUT2D eigenvalue weighted by Crippen LogP contribution is -1.69. The molecule has 0 aliphatic rings. The van der Waals surface area contributed by atoms with E-state index in [1.54, 1.807) is 0 Å². The predicted molar refractivity (Wildman–Crippen MR) is 53.4 cm³/mol. The van der Waals surface area contributed by atoms with Crippen LogP contribution in [0.1, 0.15) is 12.0 Å². The van der Waals surface area contributed by atoms with Crippen molar-refractivity contribution < 1.29 is 0 Å². The first-order valence-electron chi connectivity index (χ1n) is 3.62. The third-order valence-electron chi connectivity index (χ3n) is 1.39. The largest absolute Gasteiger partial charge is 0.198 e. The molecule has 0 radical (unpaired) electrons. The Labute approximate surface area is 80.5 Å². The van der Waals surface area contributed by atoms with Gasteiger partial charge in [-0.1, -0.05) is 40.2 Å². The molecular weight excluding hydrogens is 214 g/mol. The van der Waals surface area contributed by atoms with Gasteiger partial charge in [-0.15, -0.1) is 0 Å². The van der Waals surface area contributed by atoms with Gasteiger partial charge in [0, 0.05) is 4.47 Å². The van der Waals surface area contributed by atoms with Gasteiger partial charge in [0.05, 0.1) is 12.5 Å². The van der Waals surface area contributed by atoms with E-state index in [0.29, 0.717) is 6.42 Å². The van der Waals surface area contributed by atoms with E-state index in [-0.39, 0.29) is 0 Å². The highest BCUT2D eigenvalue weighted by molar-refractivity contribution is 9.10. The minimum absolute atomic E-state index is 0.468. The van der Waals surface area contributed by atoms with Crippen molar-refractivity contribution in [2.75, 3.05) is 0 Å². The second kappa shape index (κ2) is 4.74. The lowest BCUT2D eigenvalue weighted by Gasteiger charge is -1.91. The summed E-state index contributed by atoms with van der Waals surface area (Å²) in [5, 5.41) is 8.28. The average Bonchev–Trinajstić information content (AvgIpc) is 2.09. The van der Waals surface area contributed by atoms with Crippen LogP contribution in [0.5, 0.6) is 0 Å². The average molecular weight is 222 g/mol. The summed E-state index contributed by atoms with van der Waals surface area (Å²) in [6, 6.07) is 10.0. The number of allylic oxidation sites excluding steroid dienone is 1. The summed E-state index contributed by atoms with van der Waals surface area (Å²) >= 11 is 3.35. The van der Waals surface area contributed by atoms with Crippen LogP contribution in [0, 0.1) is 11.3 Å². The smallest absolute Gasteiger partial charge is 0.0663 e. The van der Waals surface area contributed by atoms with E-state index in [1.807, 2.05) is 36.4 Å². The summed E-state index contributed by atoms with van der Waals surface area (Å²) in [7, 11) is 0. The normalized spacial score (nSPS) is 10.0. The lowest BCUT2D eigenvalue weighted by molar-refractivity contribution is 1.36. The van der Waals surface area contributed by atoms with Crippen LogP contribution >= 0.6 is 15.9 Å². The zero-order valence-corrected chi connectivity index (χ0v) is 8.08. The van der Waals surface area contributed by atoms with Gasteiger partial charge in [-0.25, -0.2) is 0 Å². The van der Waals surface area contributed by atoms with Gasteiger partial charge in [-0.3, -0.25) is 0 Å². The molecule has 0 saturated carbocycles. The van der Waals surface area contributed by atoms with Crippen molar-refractivity contribution in [3.8, 4) is 6.07 Å². The fourth-order valence-electron chi connectivity index (χ4n) is 0.822. The lowest BCUT2D eigenvalue weighted by atomic mass is 10.2. The second-order valence-electron chi connectivity index (χ2n) is 2.32. The molecule has 0 amide bonds. The number of halogens is 1. The molecule has 2 heteroatoms. The van der Waals surface area contributed by atoms with Crippen LogP contribution in [0.15, 0.2) is 34.8 Å². The van der Waals surface area contributed by atoms with Crippen molar-refractivity contribution in [2.45, 2.75) is 6.42 Å². The summed E-state index contributed by atoms with van der Waals surface area (Å²) in [5.41, 5.74) is 1.12. The maximum absolute atomic E-state index is 8.28. The standard InChI is InChI=1S/C10H8BrN/c11-10-6-4-9(5-7-10)3-1-2-8-12/h1,3-7H,2H2/b3-1+. The van der Waals surface area contributed by atoms with E-state index in [2.05, 4.69) is 22.0 Å². The molecule has 0 aliphatic heterocycles. The van der Waals surface area contributed by atoms with Crippen LogP contribution in [0.25, 0.3) is 6.08 Å². The molecule has 1 rings (SSSR count). The molecule has 1 aromatic rings. The SMILES string of the molecule is N#CC/C=C/c1ccc(Br)cc1. The Morgan fingerprint density at radius 2 is 2.00 bits per heavy atom. The van der Waals surface area contributed by atoms with Gasteiger partial charge in [-0.05, 0) is 17.7 Å². The van der Waals surface area contributed by atoms with E-state index in [9.17, 15) is 0 Å². The molecule has 0 aliphatic carbocycles. The molecule has 0 unspecified atom stereocenters. The van der Waals surface area contributed by atoms with Crippen molar-refractivity contribution in [3.05, 3.63) is 40.4 Å². The highest BCUT2D eigenvalue weighted by atomic mass is 79.9. The van der Waals surface area contributed by atoms with Gasteiger partial charge in [0.1, 0.15) is 0 Å². The van der Waals surface area contributed by atoms with Gasteiger partial charge in [-0.2, -0.15) is 5.26 Å². The van der Waals surface area contributed by atoms with Gasteiger partial charge >= 0.3 is 0 Å². The molecule has 0 bridgehead atoms. The number of hydrogen-bond acceptors (Lipinski definition) is 1. The predicted octanol–water partition coefficient (Wildman–Crippen LogP) is 3.38. The molecule has 1 aromatic carbocycles. The first-order chi connectivity index (χ1) is 5.83. The highest BCUT2D eigenvalue weighted by Crippen LogP contribution is 2.11. The molecule has 0 spiro atoms. The summed E-state index contributed by atoms with van der Waals surface area (Å²) in [6.45, 7) is 0. The fraction of sp³-hybridized carbons (Fsp3) is 0.100. The number of benzene rings is 1. The van der Waals surface area contributed by atoms with E-state index in [1.165, 1.54) is 0 Å². The van der Waals surface area contributed by atoms with Crippen LogP contribution < -0.4 is 0 Å². The second-order valence-corrected chi connectivity index (χ2v) is 3.23. The first-order valence-corrected chi connectivity index (χ1v) is 4.41. The highest BCUT2D eigenvalue weighted by Gasteiger charge is 1.85. The Morgan fingerprint density at radius 1 is 1.33 bits per heavy atom. The summed E-state index contributed by atoms with van der Waals surface area (Å²) < 4.78 is 1.07. The number of nitrogens with zero attached hydrogens (tertiary/aromatic N) is 1. The third kappa shape index (κ3) is 2.89. The Morgan fingerprint density at radius 3 is 2.58 bits per heavy atom. The third-order valence-corrected chi connectivity index (χ3v) is 1.92. The van der Waals surface area contributed by atoms with Crippen LogP contribution in [-0.4, -0.2) is 0 Å². The molecule has 0 aromatic heterocycles. The first kappa shape index (κ1) is 9.02. The molecule has 12 heavy (non-hydrogen) atoms. The minimum atomic E-state index is 0.468. The number of nitriles is 1. The van der Waals surface area contributed by atoms with E-state index in [4.69, 9.17) is 5.26 Å². The van der Waals surface area contributed by atoms with Gasteiger partial charge < -0.3 is 0 Å². The van der Waals surface area contributed by atoms with E-state index >= 15 is 0 Å².